The van der Waals surface area contributed by atoms with Crippen molar-refractivity contribution in [3.63, 3.8) is 0 Å². The molecule has 3 N–H and O–H groups in total. The Labute approximate surface area is 224 Å². The maximum absolute atomic E-state index is 14.1. The third-order valence-electron chi connectivity index (χ3n) is 5.79. The third-order valence-corrected chi connectivity index (χ3v) is 7.16. The van der Waals surface area contributed by atoms with Crippen molar-refractivity contribution < 1.29 is 31.8 Å². The van der Waals surface area contributed by atoms with Crippen LogP contribution in [0.2, 0.25) is 5.02 Å². The SMILES string of the molecule is CC(C)(O)C(=O)c1cc(Cc2c[nH]c(=O)c(Cl)c2OCc2ccc(F)cc2F)cc2c1[nH]c(=O)n2S(C)(=O)=O. The molecule has 39 heavy (non-hydrogen) atoms. The van der Waals surface area contributed by atoms with E-state index in [4.69, 9.17) is 16.3 Å². The molecule has 0 bridgehead atoms. The van der Waals surface area contributed by atoms with Crippen molar-refractivity contribution in [2.75, 3.05) is 6.26 Å². The van der Waals surface area contributed by atoms with Gasteiger partial charge < -0.3 is 19.8 Å². The summed E-state index contributed by atoms with van der Waals surface area (Å²) in [6.45, 7) is 2.07. The highest BCUT2D eigenvalue weighted by molar-refractivity contribution is 7.89. The number of aromatic nitrogens is 3. The second-order valence-electron chi connectivity index (χ2n) is 9.37. The standard InChI is InChI=1S/C25H22ClF2N3O7S/c1-25(2,35)22(32)16-7-12(8-18-20(16)30-24(34)31(18)39(3,36)37)6-14-10-29-23(33)19(26)21(14)38-11-13-4-5-15(27)9-17(13)28/h4-5,7-10,35H,6,11H2,1-3H3,(H,29,33)(H,30,34). The average Bonchev–Trinajstić information content (AvgIpc) is 3.16. The lowest BCUT2D eigenvalue weighted by molar-refractivity contribution is 0.0489. The lowest BCUT2D eigenvalue weighted by Gasteiger charge is -2.17. The molecule has 2 heterocycles. The number of aromatic amines is 2. The van der Waals surface area contributed by atoms with Crippen molar-refractivity contribution in [3.05, 3.63) is 96.3 Å². The number of fused-ring (bicyclic) bond motifs is 1. The predicted octanol–water partition coefficient (Wildman–Crippen LogP) is 2.88. The van der Waals surface area contributed by atoms with Gasteiger partial charge >= 0.3 is 5.69 Å². The number of nitrogens with zero attached hydrogens (tertiary/aromatic N) is 1. The first-order valence-corrected chi connectivity index (χ1v) is 13.5. The molecule has 0 aliphatic rings. The summed E-state index contributed by atoms with van der Waals surface area (Å²) in [6, 6.07) is 5.58. The molecule has 0 saturated heterocycles. The van der Waals surface area contributed by atoms with E-state index in [2.05, 4.69) is 9.97 Å². The van der Waals surface area contributed by atoms with Crippen LogP contribution in [0.4, 0.5) is 8.78 Å². The average molecular weight is 582 g/mol. The molecule has 0 aliphatic heterocycles. The number of carbonyl (C=O) groups is 1. The molecule has 0 amide bonds. The van der Waals surface area contributed by atoms with E-state index in [1.807, 2.05) is 0 Å². The van der Waals surface area contributed by atoms with E-state index in [1.54, 1.807) is 0 Å². The molecule has 2 aromatic carbocycles. The Morgan fingerprint density at radius 1 is 1.15 bits per heavy atom. The zero-order chi connectivity index (χ0) is 28.9. The molecule has 0 aliphatic carbocycles. The van der Waals surface area contributed by atoms with Crippen LogP contribution in [0.3, 0.4) is 0 Å². The van der Waals surface area contributed by atoms with Crippen LogP contribution in [0.5, 0.6) is 5.75 Å². The van der Waals surface area contributed by atoms with Crippen LogP contribution in [-0.4, -0.2) is 45.1 Å². The van der Waals surface area contributed by atoms with Crippen molar-refractivity contribution in [1.29, 1.82) is 0 Å². The van der Waals surface area contributed by atoms with Gasteiger partial charge in [-0.05, 0) is 43.7 Å². The van der Waals surface area contributed by atoms with Crippen molar-refractivity contribution in [3.8, 4) is 5.75 Å². The van der Waals surface area contributed by atoms with Gasteiger partial charge in [0.2, 0.25) is 10.0 Å². The molecule has 206 valence electrons. The zero-order valence-electron chi connectivity index (χ0n) is 20.8. The number of aliphatic hydroxyl groups is 1. The second-order valence-corrected chi connectivity index (χ2v) is 11.6. The van der Waals surface area contributed by atoms with Gasteiger partial charge in [-0.2, -0.15) is 3.97 Å². The van der Waals surface area contributed by atoms with Crippen LogP contribution < -0.4 is 16.0 Å². The fourth-order valence-corrected chi connectivity index (χ4v) is 5.08. The number of nitrogens with one attached hydrogen (secondary N) is 2. The van der Waals surface area contributed by atoms with Gasteiger partial charge in [0.25, 0.3) is 5.56 Å². The molecule has 4 rings (SSSR count). The Hall–Kier alpha value is -3.81. The summed E-state index contributed by atoms with van der Waals surface area (Å²) < 4.78 is 58.2. The Kier molecular flexibility index (Phi) is 7.27. The van der Waals surface area contributed by atoms with E-state index in [1.165, 1.54) is 38.2 Å². The maximum atomic E-state index is 14.1. The first-order valence-electron chi connectivity index (χ1n) is 11.3. The van der Waals surface area contributed by atoms with E-state index in [9.17, 15) is 36.7 Å². The molecule has 14 heteroatoms. The number of ketones is 1. The minimum atomic E-state index is -4.11. The number of pyridine rings is 1. The van der Waals surface area contributed by atoms with Gasteiger partial charge in [-0.25, -0.2) is 22.0 Å². The number of imidazole rings is 1. The van der Waals surface area contributed by atoms with E-state index < -0.39 is 50.9 Å². The van der Waals surface area contributed by atoms with Crippen molar-refractivity contribution in [2.24, 2.45) is 0 Å². The molecule has 10 nitrogen and oxygen atoms in total. The Bertz CT molecular complexity index is 1850. The summed E-state index contributed by atoms with van der Waals surface area (Å²) in [5, 5.41) is 9.98. The van der Waals surface area contributed by atoms with Gasteiger partial charge in [0.15, 0.2) is 5.78 Å². The second kappa shape index (κ2) is 10.1. The molecule has 0 saturated carbocycles. The molecule has 0 unspecified atom stereocenters. The summed E-state index contributed by atoms with van der Waals surface area (Å²) in [5.74, 6) is -2.58. The molecule has 0 atom stereocenters. The molecule has 4 aromatic rings. The topological polar surface area (TPSA) is 151 Å². The first-order chi connectivity index (χ1) is 18.1. The number of benzene rings is 2. The molecule has 0 fully saturated rings. The van der Waals surface area contributed by atoms with Gasteiger partial charge in [0, 0.05) is 35.4 Å². The van der Waals surface area contributed by atoms with Crippen molar-refractivity contribution in [2.45, 2.75) is 32.5 Å². The predicted molar refractivity (Wildman–Crippen MR) is 139 cm³/mol. The van der Waals surface area contributed by atoms with E-state index in [0.29, 0.717) is 10.0 Å². The van der Waals surface area contributed by atoms with E-state index >= 15 is 0 Å². The Morgan fingerprint density at radius 2 is 1.85 bits per heavy atom. The molecule has 0 spiro atoms. The van der Waals surface area contributed by atoms with Crippen LogP contribution in [-0.2, 0) is 23.1 Å². The van der Waals surface area contributed by atoms with Gasteiger partial charge in [0.05, 0.1) is 17.3 Å². The number of rotatable bonds is 8. The largest absolute Gasteiger partial charge is 0.487 e. The lowest BCUT2D eigenvalue weighted by atomic mass is 9.93. The van der Waals surface area contributed by atoms with Crippen LogP contribution in [0.1, 0.15) is 40.9 Å². The minimum Gasteiger partial charge on any atom is -0.487 e. The highest BCUT2D eigenvalue weighted by Gasteiger charge is 2.30. The van der Waals surface area contributed by atoms with Gasteiger partial charge in [-0.15, -0.1) is 0 Å². The molecular formula is C25H22ClF2N3O7S. The highest BCUT2D eigenvalue weighted by atomic mass is 35.5. The minimum absolute atomic E-state index is 0.0114. The summed E-state index contributed by atoms with van der Waals surface area (Å²) in [7, 11) is -4.11. The summed E-state index contributed by atoms with van der Waals surface area (Å²) in [4.78, 5) is 42.5. The normalized spacial score (nSPS) is 12.2. The van der Waals surface area contributed by atoms with Crippen LogP contribution in [0, 0.1) is 11.6 Å². The third kappa shape index (κ3) is 5.65. The fraction of sp³-hybridized carbons (Fsp3) is 0.240. The van der Waals surface area contributed by atoms with E-state index in [-0.39, 0.29) is 50.5 Å². The Morgan fingerprint density at radius 3 is 2.46 bits per heavy atom. The van der Waals surface area contributed by atoms with Crippen molar-refractivity contribution in [1.82, 2.24) is 13.9 Å². The first kappa shape index (κ1) is 28.2. The van der Waals surface area contributed by atoms with Gasteiger partial charge in [-0.1, -0.05) is 11.6 Å². The number of carbonyl (C=O) groups excluding carboxylic acids is 1. The molecule has 2 aromatic heterocycles. The summed E-state index contributed by atoms with van der Waals surface area (Å²) in [5.41, 5.74) is -3.44. The quantitative estimate of drug-likeness (QED) is 0.271. The number of hydrogen-bond acceptors (Lipinski definition) is 7. The Balaban J connectivity index is 1.85. The van der Waals surface area contributed by atoms with Crippen LogP contribution in [0.15, 0.2) is 46.1 Å². The van der Waals surface area contributed by atoms with Gasteiger partial charge in [0.1, 0.15) is 34.6 Å². The zero-order valence-corrected chi connectivity index (χ0v) is 22.3. The maximum Gasteiger partial charge on any atom is 0.340 e. The number of Topliss-reactive ketones (excluding diaryl/α,β-unsaturated/α-hetero) is 1. The number of halogens is 3. The smallest absolute Gasteiger partial charge is 0.340 e. The summed E-state index contributed by atoms with van der Waals surface area (Å²) in [6.07, 6.45) is 1.98. The van der Waals surface area contributed by atoms with E-state index in [0.717, 1.165) is 12.3 Å². The highest BCUT2D eigenvalue weighted by Crippen LogP contribution is 2.31. The molecular weight excluding hydrogens is 560 g/mol. The van der Waals surface area contributed by atoms with Crippen molar-refractivity contribution >= 4 is 38.4 Å². The molecule has 0 radical (unpaired) electrons. The number of hydrogen-bond donors (Lipinski definition) is 3. The fourth-order valence-electron chi connectivity index (χ4n) is 4.01. The van der Waals surface area contributed by atoms with Crippen LogP contribution in [0.25, 0.3) is 11.0 Å². The summed E-state index contributed by atoms with van der Waals surface area (Å²) >= 11 is 6.18. The monoisotopic (exact) mass is 581 g/mol. The number of H-pyrrole nitrogens is 2. The lowest BCUT2D eigenvalue weighted by Crippen LogP contribution is -2.31. The number of ether oxygens (including phenoxy) is 1. The van der Waals surface area contributed by atoms with Gasteiger partial charge in [-0.3, -0.25) is 9.59 Å². The van der Waals surface area contributed by atoms with Crippen LogP contribution >= 0.6 is 11.6 Å².